The highest BCUT2D eigenvalue weighted by Gasteiger charge is 2.28. The molecule has 1 aromatic rings. The quantitative estimate of drug-likeness (QED) is 0.488. The van der Waals surface area contributed by atoms with Crippen molar-refractivity contribution in [1.29, 1.82) is 0 Å². The molecule has 0 aromatic heterocycles. The molecule has 1 fully saturated rings. The Morgan fingerprint density at radius 2 is 1.70 bits per heavy atom. The molecule has 0 heterocycles. The number of ketones is 2. The van der Waals surface area contributed by atoms with E-state index in [1.165, 1.54) is 0 Å². The van der Waals surface area contributed by atoms with Gasteiger partial charge in [-0.25, -0.2) is 0 Å². The Morgan fingerprint density at radius 3 is 2.25 bits per heavy atom. The predicted molar refractivity (Wildman–Crippen MR) is 83.6 cm³/mol. The van der Waals surface area contributed by atoms with Crippen molar-refractivity contribution in [3.63, 3.8) is 0 Å². The third-order valence-electron chi connectivity index (χ3n) is 3.18. The van der Waals surface area contributed by atoms with Gasteiger partial charge in [-0.05, 0) is 31.8 Å². The van der Waals surface area contributed by atoms with E-state index < -0.39 is 8.24 Å². The van der Waals surface area contributed by atoms with Gasteiger partial charge in [-0.2, -0.15) is 5.10 Å². The van der Waals surface area contributed by atoms with Gasteiger partial charge in [0.1, 0.15) is 11.5 Å². The van der Waals surface area contributed by atoms with Crippen LogP contribution in [0, 0.1) is 0 Å². The normalized spacial score (nSPS) is 18.4. The molecule has 0 unspecified atom stereocenters. The number of nitrogens with zero attached hydrogens (tertiary/aromatic N) is 2. The monoisotopic (exact) mass is 288 g/mol. The van der Waals surface area contributed by atoms with Gasteiger partial charge in [0, 0.05) is 18.5 Å². The minimum Gasteiger partial charge on any atom is -0.299 e. The Hall–Kier alpha value is -1.75. The molecule has 4 nitrogen and oxygen atoms in total. The van der Waals surface area contributed by atoms with E-state index >= 15 is 0 Å². The summed E-state index contributed by atoms with van der Waals surface area (Å²) in [5.41, 5.74) is 1.54. The molecule has 0 spiro atoms. The molecule has 0 bridgehead atoms. The molecule has 0 saturated heterocycles. The molecular formula is C15H20N2O2Si. The summed E-state index contributed by atoms with van der Waals surface area (Å²) in [6, 6.07) is 9.90. The lowest BCUT2D eigenvalue weighted by Gasteiger charge is -2.32. The van der Waals surface area contributed by atoms with Crippen LogP contribution in [0.1, 0.15) is 19.3 Å². The van der Waals surface area contributed by atoms with Crippen LogP contribution in [0.15, 0.2) is 35.4 Å². The second kappa shape index (κ2) is 5.71. The number of hydrazone groups is 1. The molecule has 0 amide bonds. The summed E-state index contributed by atoms with van der Waals surface area (Å²) in [6.07, 6.45) is 0.900. The van der Waals surface area contributed by atoms with E-state index in [1.807, 2.05) is 35.0 Å². The Morgan fingerprint density at radius 1 is 1.05 bits per heavy atom. The molecule has 1 aliphatic rings. The third kappa shape index (κ3) is 3.42. The highest BCUT2D eigenvalue weighted by atomic mass is 28.3. The van der Waals surface area contributed by atoms with Crippen LogP contribution in [0.5, 0.6) is 0 Å². The summed E-state index contributed by atoms with van der Waals surface area (Å²) >= 11 is 0. The number of hydrogen-bond donors (Lipinski definition) is 0. The number of Topliss-reactive ketones (excluding diaryl/α,β-unsaturated/α-hetero) is 2. The fourth-order valence-electron chi connectivity index (χ4n) is 2.16. The topological polar surface area (TPSA) is 49.7 Å². The molecule has 0 N–H and O–H groups in total. The fraction of sp³-hybridized carbons (Fsp3) is 0.400. The average molecular weight is 288 g/mol. The van der Waals surface area contributed by atoms with E-state index in [-0.39, 0.29) is 18.0 Å². The van der Waals surface area contributed by atoms with Gasteiger partial charge in [0.15, 0.2) is 14.0 Å². The lowest BCUT2D eigenvalue weighted by molar-refractivity contribution is -0.125. The summed E-state index contributed by atoms with van der Waals surface area (Å²) in [4.78, 5) is 23.2. The van der Waals surface area contributed by atoms with Gasteiger partial charge in [-0.15, -0.1) is 0 Å². The Labute approximate surface area is 120 Å². The zero-order valence-corrected chi connectivity index (χ0v) is 13.2. The van der Waals surface area contributed by atoms with Crippen molar-refractivity contribution in [3.8, 4) is 0 Å². The van der Waals surface area contributed by atoms with Gasteiger partial charge >= 0.3 is 0 Å². The maximum Gasteiger partial charge on any atom is 0.186 e. The Kier molecular flexibility index (Phi) is 4.18. The van der Waals surface area contributed by atoms with E-state index in [1.54, 1.807) is 0 Å². The van der Waals surface area contributed by atoms with Gasteiger partial charge < -0.3 is 0 Å². The number of rotatable bonds is 3. The molecule has 0 aliphatic heterocycles. The van der Waals surface area contributed by atoms with Gasteiger partial charge in [0.25, 0.3) is 0 Å². The molecule has 2 rings (SSSR count). The first kappa shape index (κ1) is 14.7. The summed E-state index contributed by atoms with van der Waals surface area (Å²) in [5.74, 6) is -0.103. The van der Waals surface area contributed by atoms with Crippen molar-refractivity contribution in [2.75, 3.05) is 4.67 Å². The highest BCUT2D eigenvalue weighted by molar-refractivity contribution is 6.79. The van der Waals surface area contributed by atoms with Crippen LogP contribution in [0.4, 0.5) is 5.69 Å². The summed E-state index contributed by atoms with van der Waals surface area (Å²) in [7, 11) is -1.75. The minimum atomic E-state index is -1.75. The minimum absolute atomic E-state index is 0.00710. The second-order valence-electron chi connectivity index (χ2n) is 6.00. The van der Waals surface area contributed by atoms with Crippen LogP contribution < -0.4 is 4.67 Å². The first-order chi connectivity index (χ1) is 9.38. The third-order valence-corrected chi connectivity index (χ3v) is 4.81. The van der Waals surface area contributed by atoms with Crippen molar-refractivity contribution in [2.24, 2.45) is 5.10 Å². The van der Waals surface area contributed by atoms with E-state index in [9.17, 15) is 9.59 Å². The number of benzene rings is 1. The van der Waals surface area contributed by atoms with Crippen LogP contribution in [-0.4, -0.2) is 25.5 Å². The van der Waals surface area contributed by atoms with E-state index in [0.717, 1.165) is 5.69 Å². The van der Waals surface area contributed by atoms with Crippen molar-refractivity contribution in [2.45, 2.75) is 38.9 Å². The Balaban J connectivity index is 2.34. The van der Waals surface area contributed by atoms with Crippen molar-refractivity contribution in [3.05, 3.63) is 30.3 Å². The second-order valence-corrected chi connectivity index (χ2v) is 10.8. The first-order valence-electron chi connectivity index (χ1n) is 6.85. The Bertz CT molecular complexity index is 547. The standard InChI is InChI=1S/C15H20N2O2Si/c1-20(2,3)17(12-7-5-4-6-8-12)16-14-10-9-13(18)11-15(14)19/h4-8H,9-11H2,1-3H3. The molecule has 0 radical (unpaired) electrons. The number of carbonyl (C=O) groups is 2. The lowest BCUT2D eigenvalue weighted by Crippen LogP contribution is -2.44. The molecule has 1 saturated carbocycles. The number of anilines is 1. The van der Waals surface area contributed by atoms with E-state index in [0.29, 0.717) is 18.6 Å². The van der Waals surface area contributed by atoms with Crippen LogP contribution in [0.25, 0.3) is 0 Å². The van der Waals surface area contributed by atoms with Gasteiger partial charge in [-0.3, -0.25) is 14.3 Å². The van der Waals surface area contributed by atoms with Gasteiger partial charge in [-0.1, -0.05) is 18.2 Å². The summed E-state index contributed by atoms with van der Waals surface area (Å²) in [6.45, 7) is 6.55. The molecule has 1 aliphatic carbocycles. The average Bonchev–Trinajstić information content (AvgIpc) is 2.37. The van der Waals surface area contributed by atoms with Crippen LogP contribution in [0.2, 0.25) is 19.6 Å². The van der Waals surface area contributed by atoms with Gasteiger partial charge in [0.2, 0.25) is 0 Å². The zero-order valence-electron chi connectivity index (χ0n) is 12.2. The van der Waals surface area contributed by atoms with E-state index in [2.05, 4.69) is 24.7 Å². The molecule has 1 aromatic carbocycles. The van der Waals surface area contributed by atoms with Gasteiger partial charge in [0.05, 0.1) is 6.42 Å². The largest absolute Gasteiger partial charge is 0.299 e. The maximum atomic E-state index is 11.9. The van der Waals surface area contributed by atoms with Crippen LogP contribution in [0.3, 0.4) is 0 Å². The summed E-state index contributed by atoms with van der Waals surface area (Å²) in [5, 5.41) is 4.60. The zero-order chi connectivity index (χ0) is 14.8. The fourth-order valence-corrected chi connectivity index (χ4v) is 3.50. The predicted octanol–water partition coefficient (Wildman–Crippen LogP) is 3.01. The van der Waals surface area contributed by atoms with Crippen LogP contribution >= 0.6 is 0 Å². The number of carbonyl (C=O) groups excluding carboxylic acids is 2. The van der Waals surface area contributed by atoms with Crippen molar-refractivity contribution < 1.29 is 9.59 Å². The number of para-hydroxylation sites is 1. The smallest absolute Gasteiger partial charge is 0.186 e. The first-order valence-corrected chi connectivity index (χ1v) is 10.3. The molecular weight excluding hydrogens is 268 g/mol. The molecule has 20 heavy (non-hydrogen) atoms. The molecule has 106 valence electrons. The van der Waals surface area contributed by atoms with Crippen LogP contribution in [-0.2, 0) is 9.59 Å². The highest BCUT2D eigenvalue weighted by Crippen LogP contribution is 2.23. The van der Waals surface area contributed by atoms with E-state index in [4.69, 9.17) is 0 Å². The molecule has 5 heteroatoms. The molecule has 0 atom stereocenters. The number of hydrogen-bond acceptors (Lipinski definition) is 4. The maximum absolute atomic E-state index is 11.9. The van der Waals surface area contributed by atoms with Crippen molar-refractivity contribution in [1.82, 2.24) is 0 Å². The lowest BCUT2D eigenvalue weighted by atomic mass is 9.96. The SMILES string of the molecule is C[Si](C)(C)N(N=C1CCC(=O)CC1=O)c1ccccc1. The summed E-state index contributed by atoms with van der Waals surface area (Å²) < 4.78 is 2.00. The van der Waals surface area contributed by atoms with Crippen molar-refractivity contribution >= 4 is 31.2 Å².